The zero-order valence-electron chi connectivity index (χ0n) is 16.9. The van der Waals surface area contributed by atoms with Gasteiger partial charge in [0.05, 0.1) is 11.8 Å². The Labute approximate surface area is 164 Å². The quantitative estimate of drug-likeness (QED) is 0.735. The summed E-state index contributed by atoms with van der Waals surface area (Å²) in [5, 5.41) is 0. The first-order chi connectivity index (χ1) is 12.9. The summed E-state index contributed by atoms with van der Waals surface area (Å²) in [7, 11) is 0. The minimum absolute atomic E-state index is 0.204. The largest absolute Gasteiger partial charge is 0.299 e. The maximum Gasteiger partial charge on any atom is 0.144 e. The average Bonchev–Trinajstić information content (AvgIpc) is 2.49. The highest BCUT2D eigenvalue weighted by molar-refractivity contribution is 6.11. The van der Waals surface area contributed by atoms with E-state index >= 15 is 0 Å². The number of carbonyl (C=O) groups is 4. The third kappa shape index (κ3) is 3.98. The van der Waals surface area contributed by atoms with Gasteiger partial charge in [0, 0.05) is 31.6 Å². The maximum absolute atomic E-state index is 14.0. The molecule has 0 spiro atoms. The highest BCUT2D eigenvalue weighted by atomic mass is 19.1. The van der Waals surface area contributed by atoms with Crippen LogP contribution in [0.15, 0.2) is 24.3 Å². The fourth-order valence-electron chi connectivity index (χ4n) is 4.90. The first-order valence-electron chi connectivity index (χ1n) is 9.77. The highest BCUT2D eigenvalue weighted by Crippen LogP contribution is 2.47. The van der Waals surface area contributed by atoms with Crippen molar-refractivity contribution < 1.29 is 23.6 Å². The molecule has 2 fully saturated rings. The lowest BCUT2D eigenvalue weighted by molar-refractivity contribution is -0.145. The molecule has 2 aliphatic carbocycles. The van der Waals surface area contributed by atoms with E-state index in [0.717, 1.165) is 0 Å². The van der Waals surface area contributed by atoms with Gasteiger partial charge in [0.25, 0.3) is 0 Å². The molecule has 4 nitrogen and oxygen atoms in total. The summed E-state index contributed by atoms with van der Waals surface area (Å²) in [5.74, 6) is -4.65. The lowest BCUT2D eigenvalue weighted by Crippen LogP contribution is -2.48. The second kappa shape index (κ2) is 7.02. The van der Waals surface area contributed by atoms with Crippen molar-refractivity contribution in [3.63, 3.8) is 0 Å². The third-order valence-corrected chi connectivity index (χ3v) is 5.95. The minimum Gasteiger partial charge on any atom is -0.299 e. The van der Waals surface area contributed by atoms with Crippen molar-refractivity contribution in [2.24, 2.45) is 22.7 Å². The smallest absolute Gasteiger partial charge is 0.144 e. The third-order valence-electron chi connectivity index (χ3n) is 5.95. The molecular weight excluding hydrogens is 359 g/mol. The summed E-state index contributed by atoms with van der Waals surface area (Å²) >= 11 is 0. The monoisotopic (exact) mass is 386 g/mol. The zero-order chi connectivity index (χ0) is 20.9. The molecule has 0 N–H and O–H groups in total. The Kier molecular flexibility index (Phi) is 5.15. The summed E-state index contributed by atoms with van der Waals surface area (Å²) in [6.07, 6.45) is 0.817. The Morgan fingerprint density at radius 3 is 1.54 bits per heavy atom. The molecule has 28 heavy (non-hydrogen) atoms. The van der Waals surface area contributed by atoms with Crippen LogP contribution in [0.4, 0.5) is 4.39 Å². The zero-order valence-corrected chi connectivity index (χ0v) is 16.9. The molecular formula is C23H27FO4. The average molecular weight is 386 g/mol. The van der Waals surface area contributed by atoms with Gasteiger partial charge in [-0.05, 0) is 28.5 Å². The molecule has 0 saturated heterocycles. The molecule has 5 heteroatoms. The first-order valence-corrected chi connectivity index (χ1v) is 9.77. The van der Waals surface area contributed by atoms with Crippen LogP contribution >= 0.6 is 0 Å². The molecule has 0 amide bonds. The normalized spacial score (nSPS) is 23.5. The molecule has 0 aromatic heterocycles. The number of hydrogen-bond donors (Lipinski definition) is 0. The van der Waals surface area contributed by atoms with Gasteiger partial charge in [-0.2, -0.15) is 0 Å². The van der Waals surface area contributed by atoms with Gasteiger partial charge in [0.15, 0.2) is 0 Å². The number of carbonyl (C=O) groups excluding carboxylic acids is 4. The van der Waals surface area contributed by atoms with Crippen molar-refractivity contribution in [1.29, 1.82) is 0 Å². The molecule has 0 aliphatic heterocycles. The Morgan fingerprint density at radius 2 is 1.18 bits per heavy atom. The molecule has 0 bridgehead atoms. The Balaban J connectivity index is 2.09. The second-order valence-electron chi connectivity index (χ2n) is 9.94. The summed E-state index contributed by atoms with van der Waals surface area (Å²) < 4.78 is 14.0. The molecule has 1 aromatic rings. The summed E-state index contributed by atoms with van der Waals surface area (Å²) in [6, 6.07) is 5.60. The molecule has 150 valence electrons. The van der Waals surface area contributed by atoms with E-state index in [1.54, 1.807) is 6.07 Å². The van der Waals surface area contributed by atoms with Gasteiger partial charge in [-0.15, -0.1) is 0 Å². The van der Waals surface area contributed by atoms with Crippen LogP contribution in [0.3, 0.4) is 0 Å². The second-order valence-corrected chi connectivity index (χ2v) is 9.94. The van der Waals surface area contributed by atoms with Crippen LogP contribution < -0.4 is 0 Å². The van der Waals surface area contributed by atoms with E-state index in [9.17, 15) is 23.6 Å². The van der Waals surface area contributed by atoms with Crippen LogP contribution in [-0.2, 0) is 19.2 Å². The van der Waals surface area contributed by atoms with Crippen LogP contribution in [0.25, 0.3) is 0 Å². The maximum atomic E-state index is 14.0. The molecule has 2 saturated carbocycles. The molecule has 0 unspecified atom stereocenters. The Bertz CT molecular complexity index is 764. The van der Waals surface area contributed by atoms with E-state index in [2.05, 4.69) is 0 Å². The van der Waals surface area contributed by atoms with E-state index in [4.69, 9.17) is 0 Å². The summed E-state index contributed by atoms with van der Waals surface area (Å²) in [6.45, 7) is 7.43. The Hall–Kier alpha value is -2.17. The van der Waals surface area contributed by atoms with Crippen LogP contribution in [0.5, 0.6) is 0 Å². The van der Waals surface area contributed by atoms with E-state index in [-0.39, 0.29) is 48.8 Å². The lowest BCUT2D eigenvalue weighted by Gasteiger charge is -2.41. The van der Waals surface area contributed by atoms with Crippen molar-refractivity contribution in [2.45, 2.75) is 59.3 Å². The van der Waals surface area contributed by atoms with Crippen molar-refractivity contribution in [3.8, 4) is 0 Å². The SMILES string of the molecule is CC1(C)CC(=O)C(C(c2cccc(F)c2)C2C(=O)CC(C)(C)CC2=O)C(=O)C1. The molecule has 2 aliphatic rings. The first kappa shape index (κ1) is 20.6. The van der Waals surface area contributed by atoms with Gasteiger partial charge in [-0.1, -0.05) is 39.8 Å². The van der Waals surface area contributed by atoms with E-state index in [1.165, 1.54) is 18.2 Å². The summed E-state index contributed by atoms with van der Waals surface area (Å²) in [5.41, 5.74) is -0.516. The summed E-state index contributed by atoms with van der Waals surface area (Å²) in [4.78, 5) is 51.9. The topological polar surface area (TPSA) is 68.3 Å². The van der Waals surface area contributed by atoms with Crippen molar-refractivity contribution in [2.75, 3.05) is 0 Å². The predicted octanol–water partition coefficient (Wildman–Crippen LogP) is 4.06. The standard InChI is InChI=1S/C23H27FO4/c1-22(2)9-15(25)20(16(26)10-22)19(13-6-5-7-14(24)8-13)21-17(27)11-23(3,4)12-18(21)28/h5-8,19-21H,9-12H2,1-4H3. The number of benzene rings is 1. The van der Waals surface area contributed by atoms with Gasteiger partial charge in [0.2, 0.25) is 0 Å². The highest BCUT2D eigenvalue weighted by Gasteiger charge is 2.52. The van der Waals surface area contributed by atoms with E-state index in [0.29, 0.717) is 5.56 Å². The number of halogens is 1. The van der Waals surface area contributed by atoms with E-state index in [1.807, 2.05) is 27.7 Å². The van der Waals surface area contributed by atoms with Crippen LogP contribution in [0.2, 0.25) is 0 Å². The van der Waals surface area contributed by atoms with Crippen LogP contribution in [-0.4, -0.2) is 23.1 Å². The molecule has 0 radical (unpaired) electrons. The van der Waals surface area contributed by atoms with Crippen LogP contribution in [0, 0.1) is 28.5 Å². The van der Waals surface area contributed by atoms with Crippen molar-refractivity contribution in [1.82, 2.24) is 0 Å². The van der Waals surface area contributed by atoms with Gasteiger partial charge in [-0.3, -0.25) is 19.2 Å². The van der Waals surface area contributed by atoms with Gasteiger partial charge in [0.1, 0.15) is 29.0 Å². The molecule has 0 atom stereocenters. The minimum atomic E-state index is -1.08. The number of rotatable bonds is 3. The predicted molar refractivity (Wildman–Crippen MR) is 102 cm³/mol. The molecule has 3 rings (SSSR count). The van der Waals surface area contributed by atoms with Crippen molar-refractivity contribution in [3.05, 3.63) is 35.6 Å². The number of ketones is 4. The number of hydrogen-bond acceptors (Lipinski definition) is 4. The fourth-order valence-corrected chi connectivity index (χ4v) is 4.90. The molecule has 0 heterocycles. The van der Waals surface area contributed by atoms with Crippen LogP contribution in [0.1, 0.15) is 64.9 Å². The van der Waals surface area contributed by atoms with Gasteiger partial charge >= 0.3 is 0 Å². The Morgan fingerprint density at radius 1 is 0.786 bits per heavy atom. The molecule has 1 aromatic carbocycles. The van der Waals surface area contributed by atoms with Crippen molar-refractivity contribution >= 4 is 23.1 Å². The van der Waals surface area contributed by atoms with E-state index < -0.39 is 34.4 Å². The van der Waals surface area contributed by atoms with Gasteiger partial charge in [-0.25, -0.2) is 4.39 Å². The fraction of sp³-hybridized carbons (Fsp3) is 0.565. The van der Waals surface area contributed by atoms with Gasteiger partial charge < -0.3 is 0 Å². The number of Topliss-reactive ketones (excluding diaryl/α,β-unsaturated/α-hetero) is 4. The lowest BCUT2D eigenvalue weighted by atomic mass is 9.59.